The second kappa shape index (κ2) is 6.06. The largest absolute Gasteiger partial charge is 0.485 e. The molecule has 5 heteroatoms. The molecule has 0 radical (unpaired) electrons. The smallest absolute Gasteiger partial charge is 0.177 e. The first-order valence-electron chi connectivity index (χ1n) is 6.90. The summed E-state index contributed by atoms with van der Waals surface area (Å²) in [4.78, 5) is 0. The van der Waals surface area contributed by atoms with E-state index in [1.54, 1.807) is 10.9 Å². The lowest BCUT2D eigenvalue weighted by Gasteiger charge is -2.22. The van der Waals surface area contributed by atoms with E-state index < -0.39 is 0 Å². The van der Waals surface area contributed by atoms with Gasteiger partial charge in [0.25, 0.3) is 0 Å². The van der Waals surface area contributed by atoms with Crippen molar-refractivity contribution in [1.29, 1.82) is 0 Å². The summed E-state index contributed by atoms with van der Waals surface area (Å²) in [6.45, 7) is 0. The zero-order valence-electron chi connectivity index (χ0n) is 11.1. The minimum absolute atomic E-state index is 0.268. The Morgan fingerprint density at radius 2 is 1.75 bits per heavy atom. The number of rotatable bonds is 3. The molecule has 0 bridgehead atoms. The fourth-order valence-electron chi connectivity index (χ4n) is 2.52. The average molecular weight is 311 g/mol. The molecule has 1 aliphatic carbocycles. The highest BCUT2D eigenvalue weighted by Crippen LogP contribution is 2.30. The van der Waals surface area contributed by atoms with Crippen LogP contribution in [0.15, 0.2) is 30.5 Å². The quantitative estimate of drug-likeness (QED) is 0.807. The summed E-state index contributed by atoms with van der Waals surface area (Å²) in [5, 5.41) is 5.50. The molecule has 1 fully saturated rings. The molecular formula is C15H16Cl2N2O. The van der Waals surface area contributed by atoms with Gasteiger partial charge in [-0.05, 0) is 49.9 Å². The molecule has 1 saturated carbocycles. The van der Waals surface area contributed by atoms with Gasteiger partial charge in [0.2, 0.25) is 0 Å². The Morgan fingerprint density at radius 1 is 1.05 bits per heavy atom. The lowest BCUT2D eigenvalue weighted by atomic mass is 9.98. The zero-order valence-corrected chi connectivity index (χ0v) is 12.6. The van der Waals surface area contributed by atoms with Crippen molar-refractivity contribution in [1.82, 2.24) is 9.78 Å². The molecule has 0 N–H and O–H groups in total. The van der Waals surface area contributed by atoms with E-state index in [0.29, 0.717) is 15.9 Å². The van der Waals surface area contributed by atoms with Crippen molar-refractivity contribution in [3.63, 3.8) is 0 Å². The van der Waals surface area contributed by atoms with Gasteiger partial charge in [-0.15, -0.1) is 0 Å². The molecule has 1 aliphatic rings. The van der Waals surface area contributed by atoms with E-state index in [2.05, 4.69) is 5.10 Å². The maximum Gasteiger partial charge on any atom is 0.177 e. The van der Waals surface area contributed by atoms with Gasteiger partial charge < -0.3 is 4.74 Å². The highest BCUT2D eigenvalue weighted by atomic mass is 35.5. The minimum atomic E-state index is 0.268. The van der Waals surface area contributed by atoms with Crippen LogP contribution in [-0.2, 0) is 0 Å². The van der Waals surface area contributed by atoms with Crippen molar-refractivity contribution in [2.75, 3.05) is 0 Å². The van der Waals surface area contributed by atoms with Crippen LogP contribution in [0.1, 0.15) is 32.1 Å². The number of hydrogen-bond acceptors (Lipinski definition) is 2. The van der Waals surface area contributed by atoms with E-state index in [1.165, 1.54) is 19.3 Å². The van der Waals surface area contributed by atoms with Crippen LogP contribution in [0.25, 0.3) is 5.69 Å². The van der Waals surface area contributed by atoms with Gasteiger partial charge >= 0.3 is 0 Å². The molecule has 2 aromatic rings. The second-order valence-electron chi connectivity index (χ2n) is 5.07. The van der Waals surface area contributed by atoms with E-state index in [4.69, 9.17) is 27.9 Å². The Bertz CT molecular complexity index is 574. The van der Waals surface area contributed by atoms with E-state index in [-0.39, 0.29) is 6.10 Å². The molecule has 0 atom stereocenters. The third-order valence-corrected chi connectivity index (χ3v) is 4.20. The average Bonchev–Trinajstić information content (AvgIpc) is 2.83. The predicted molar refractivity (Wildman–Crippen MR) is 81.1 cm³/mol. The molecule has 0 amide bonds. The molecule has 1 aromatic heterocycles. The lowest BCUT2D eigenvalue weighted by molar-refractivity contribution is 0.155. The van der Waals surface area contributed by atoms with Gasteiger partial charge in [0.15, 0.2) is 10.9 Å². The molecule has 3 nitrogen and oxygen atoms in total. The van der Waals surface area contributed by atoms with Crippen LogP contribution in [0, 0.1) is 0 Å². The van der Waals surface area contributed by atoms with E-state index >= 15 is 0 Å². The van der Waals surface area contributed by atoms with E-state index in [0.717, 1.165) is 18.5 Å². The highest BCUT2D eigenvalue weighted by Gasteiger charge is 2.18. The maximum atomic E-state index is 6.36. The van der Waals surface area contributed by atoms with Crippen LogP contribution in [0.4, 0.5) is 0 Å². The van der Waals surface area contributed by atoms with Crippen LogP contribution in [-0.4, -0.2) is 15.9 Å². The Morgan fingerprint density at radius 3 is 2.45 bits per heavy atom. The first kappa shape index (κ1) is 13.8. The number of nitrogens with zero attached hydrogens (tertiary/aromatic N) is 2. The number of aromatic nitrogens is 2. The van der Waals surface area contributed by atoms with Crippen LogP contribution >= 0.6 is 23.2 Å². The third kappa shape index (κ3) is 2.94. The molecule has 1 aromatic carbocycles. The first-order chi connectivity index (χ1) is 9.74. The zero-order chi connectivity index (χ0) is 13.9. The molecule has 3 rings (SSSR count). The SMILES string of the molecule is Clc1ccc(-n2ncc(OC3CCCCC3)c2Cl)cc1. The summed E-state index contributed by atoms with van der Waals surface area (Å²) >= 11 is 12.2. The number of halogens is 2. The number of hydrogen-bond donors (Lipinski definition) is 0. The Labute approximate surface area is 128 Å². The minimum Gasteiger partial charge on any atom is -0.485 e. The van der Waals surface area contributed by atoms with Crippen molar-refractivity contribution in [3.05, 3.63) is 40.6 Å². The summed E-state index contributed by atoms with van der Waals surface area (Å²) in [6.07, 6.45) is 7.92. The molecule has 20 heavy (non-hydrogen) atoms. The number of benzene rings is 1. The van der Waals surface area contributed by atoms with Crippen molar-refractivity contribution in [2.45, 2.75) is 38.2 Å². The lowest BCUT2D eigenvalue weighted by Crippen LogP contribution is -2.19. The Balaban J connectivity index is 1.79. The molecule has 0 aliphatic heterocycles. The van der Waals surface area contributed by atoms with Crippen LogP contribution in [0.3, 0.4) is 0 Å². The predicted octanol–water partition coefficient (Wildman–Crippen LogP) is 4.89. The summed E-state index contributed by atoms with van der Waals surface area (Å²) in [5.74, 6) is 0.661. The monoisotopic (exact) mass is 310 g/mol. The Hall–Kier alpha value is -1.19. The standard InChI is InChI=1S/C15H16Cl2N2O/c16-11-6-8-12(9-7-11)19-15(17)14(10-18-19)20-13-4-2-1-3-5-13/h6-10,13H,1-5H2. The molecule has 1 heterocycles. The molecule has 0 spiro atoms. The van der Waals surface area contributed by atoms with Crippen LogP contribution < -0.4 is 4.74 Å². The fourth-order valence-corrected chi connectivity index (χ4v) is 2.88. The second-order valence-corrected chi connectivity index (χ2v) is 5.86. The van der Waals surface area contributed by atoms with Gasteiger partial charge in [0, 0.05) is 5.02 Å². The topological polar surface area (TPSA) is 27.1 Å². The van der Waals surface area contributed by atoms with Crippen molar-refractivity contribution >= 4 is 23.2 Å². The van der Waals surface area contributed by atoms with Gasteiger partial charge in [-0.3, -0.25) is 0 Å². The summed E-state index contributed by atoms with van der Waals surface area (Å²) in [5.41, 5.74) is 0.873. The van der Waals surface area contributed by atoms with Crippen molar-refractivity contribution < 1.29 is 4.74 Å². The normalized spacial score (nSPS) is 16.3. The van der Waals surface area contributed by atoms with E-state index in [1.807, 2.05) is 24.3 Å². The Kier molecular flexibility index (Phi) is 4.18. The molecular weight excluding hydrogens is 295 g/mol. The molecule has 106 valence electrons. The van der Waals surface area contributed by atoms with Crippen LogP contribution in [0.2, 0.25) is 10.2 Å². The van der Waals surface area contributed by atoms with Crippen LogP contribution in [0.5, 0.6) is 5.75 Å². The molecule has 0 unspecified atom stereocenters. The summed E-state index contributed by atoms with van der Waals surface area (Å²) in [6, 6.07) is 7.39. The first-order valence-corrected chi connectivity index (χ1v) is 7.66. The fraction of sp³-hybridized carbons (Fsp3) is 0.400. The van der Waals surface area contributed by atoms with Gasteiger partial charge in [-0.2, -0.15) is 5.10 Å². The third-order valence-electron chi connectivity index (χ3n) is 3.60. The highest BCUT2D eigenvalue weighted by molar-refractivity contribution is 6.31. The maximum absolute atomic E-state index is 6.36. The van der Waals surface area contributed by atoms with Crippen molar-refractivity contribution in [2.24, 2.45) is 0 Å². The van der Waals surface area contributed by atoms with Gasteiger partial charge in [0.05, 0.1) is 18.0 Å². The van der Waals surface area contributed by atoms with Gasteiger partial charge in [-0.25, -0.2) is 4.68 Å². The van der Waals surface area contributed by atoms with Gasteiger partial charge in [-0.1, -0.05) is 29.6 Å². The number of ether oxygens (including phenoxy) is 1. The van der Waals surface area contributed by atoms with Gasteiger partial charge in [0.1, 0.15) is 0 Å². The molecule has 0 saturated heterocycles. The summed E-state index contributed by atoms with van der Waals surface area (Å²) in [7, 11) is 0. The van der Waals surface area contributed by atoms with Crippen molar-refractivity contribution in [3.8, 4) is 11.4 Å². The summed E-state index contributed by atoms with van der Waals surface area (Å²) < 4.78 is 7.63. The van der Waals surface area contributed by atoms with E-state index in [9.17, 15) is 0 Å².